The summed E-state index contributed by atoms with van der Waals surface area (Å²) in [6.07, 6.45) is 3.18. The Labute approximate surface area is 136 Å². The second-order valence-electron chi connectivity index (χ2n) is 5.09. The predicted octanol–water partition coefficient (Wildman–Crippen LogP) is 3.86. The van der Waals surface area contributed by atoms with Crippen molar-refractivity contribution in [2.24, 2.45) is 0 Å². The summed E-state index contributed by atoms with van der Waals surface area (Å²) in [6, 6.07) is 17.7. The molecule has 0 fully saturated rings. The monoisotopic (exact) mass is 311 g/mol. The number of ether oxygens (including phenoxy) is 1. The average molecular weight is 311 g/mol. The number of carbonyl (C=O) groups excluding carboxylic acids is 1. The summed E-state index contributed by atoms with van der Waals surface area (Å²) in [4.78, 5) is 16.4. The molecule has 0 saturated carbocycles. The van der Waals surface area contributed by atoms with Crippen LogP contribution in [0.4, 0.5) is 0 Å². The van der Waals surface area contributed by atoms with E-state index in [1.54, 1.807) is 13.1 Å². The Balaban J connectivity index is 1.97. The predicted molar refractivity (Wildman–Crippen MR) is 90.7 cm³/mol. The van der Waals surface area contributed by atoms with Crippen LogP contribution < -0.4 is 4.74 Å². The van der Waals surface area contributed by atoms with Gasteiger partial charge in [-0.25, -0.2) is 5.06 Å². The number of hydroxylamine groups is 2. The van der Waals surface area contributed by atoms with E-state index in [0.29, 0.717) is 0 Å². The van der Waals surface area contributed by atoms with E-state index in [9.17, 15) is 4.79 Å². The number of nitrogens with zero attached hydrogens (tertiary/aromatic N) is 1. The molecule has 1 atom stereocenters. The van der Waals surface area contributed by atoms with Crippen molar-refractivity contribution in [1.29, 1.82) is 0 Å². The molecule has 0 aliphatic rings. The SMILES string of the molecule is CON(C)C(=O)/C=C/c1ccc(OC(C)c2ccccc2)cc1. The maximum Gasteiger partial charge on any atom is 0.269 e. The minimum atomic E-state index is -0.217. The molecule has 0 heterocycles. The molecule has 1 amide bonds. The zero-order chi connectivity index (χ0) is 16.7. The molecular formula is C19H21NO3. The Kier molecular flexibility index (Phi) is 5.94. The molecule has 2 rings (SSSR count). The summed E-state index contributed by atoms with van der Waals surface area (Å²) >= 11 is 0. The molecule has 120 valence electrons. The molecule has 0 spiro atoms. The van der Waals surface area contributed by atoms with Crippen molar-refractivity contribution in [3.8, 4) is 5.75 Å². The van der Waals surface area contributed by atoms with Crippen molar-refractivity contribution in [1.82, 2.24) is 5.06 Å². The Morgan fingerprint density at radius 2 is 1.74 bits per heavy atom. The molecule has 0 aliphatic carbocycles. The minimum Gasteiger partial charge on any atom is -0.486 e. The third-order valence-corrected chi connectivity index (χ3v) is 3.46. The number of hydrogen-bond acceptors (Lipinski definition) is 3. The van der Waals surface area contributed by atoms with Gasteiger partial charge in [0.25, 0.3) is 5.91 Å². The molecule has 0 saturated heterocycles. The van der Waals surface area contributed by atoms with E-state index in [1.807, 2.05) is 61.5 Å². The quantitative estimate of drug-likeness (QED) is 0.600. The van der Waals surface area contributed by atoms with Gasteiger partial charge < -0.3 is 4.74 Å². The number of amides is 1. The first kappa shape index (κ1) is 16.8. The zero-order valence-corrected chi connectivity index (χ0v) is 13.6. The molecule has 4 heteroatoms. The van der Waals surface area contributed by atoms with Crippen molar-refractivity contribution in [2.75, 3.05) is 14.2 Å². The lowest BCUT2D eigenvalue weighted by atomic mass is 10.1. The number of benzene rings is 2. The highest BCUT2D eigenvalue weighted by Gasteiger charge is 2.06. The van der Waals surface area contributed by atoms with E-state index in [1.165, 1.54) is 13.2 Å². The van der Waals surface area contributed by atoms with Crippen molar-refractivity contribution in [2.45, 2.75) is 13.0 Å². The molecule has 0 bridgehead atoms. The van der Waals surface area contributed by atoms with Gasteiger partial charge in [-0.2, -0.15) is 0 Å². The molecule has 0 radical (unpaired) electrons. The summed E-state index contributed by atoms with van der Waals surface area (Å²) in [6.45, 7) is 2.02. The van der Waals surface area contributed by atoms with Gasteiger partial charge in [-0.05, 0) is 36.3 Å². The Morgan fingerprint density at radius 1 is 1.09 bits per heavy atom. The van der Waals surface area contributed by atoms with Crippen LogP contribution in [0.1, 0.15) is 24.2 Å². The maximum absolute atomic E-state index is 11.6. The van der Waals surface area contributed by atoms with Gasteiger partial charge in [0.15, 0.2) is 0 Å². The number of rotatable bonds is 6. The first-order valence-electron chi connectivity index (χ1n) is 7.41. The van der Waals surface area contributed by atoms with Gasteiger partial charge in [0.1, 0.15) is 11.9 Å². The summed E-state index contributed by atoms with van der Waals surface area (Å²) in [5, 5.41) is 1.16. The van der Waals surface area contributed by atoms with Crippen LogP contribution >= 0.6 is 0 Å². The van der Waals surface area contributed by atoms with Crippen LogP contribution in [-0.4, -0.2) is 25.1 Å². The van der Waals surface area contributed by atoms with E-state index < -0.39 is 0 Å². The van der Waals surface area contributed by atoms with E-state index in [2.05, 4.69) is 0 Å². The van der Waals surface area contributed by atoms with Crippen LogP contribution in [0.2, 0.25) is 0 Å². The van der Waals surface area contributed by atoms with Crippen molar-refractivity contribution in [3.05, 3.63) is 71.8 Å². The number of likely N-dealkylation sites (N-methyl/N-ethyl adjacent to an activating group) is 1. The third-order valence-electron chi connectivity index (χ3n) is 3.46. The van der Waals surface area contributed by atoms with Gasteiger partial charge in [-0.15, -0.1) is 0 Å². The third kappa shape index (κ3) is 4.97. The van der Waals surface area contributed by atoms with Crippen LogP contribution in [0, 0.1) is 0 Å². The van der Waals surface area contributed by atoms with Gasteiger partial charge in [0, 0.05) is 13.1 Å². The highest BCUT2D eigenvalue weighted by molar-refractivity contribution is 5.90. The van der Waals surface area contributed by atoms with E-state index in [0.717, 1.165) is 21.9 Å². The zero-order valence-electron chi connectivity index (χ0n) is 13.6. The maximum atomic E-state index is 11.6. The van der Waals surface area contributed by atoms with Crippen LogP contribution in [0.3, 0.4) is 0 Å². The number of carbonyl (C=O) groups is 1. The number of hydrogen-bond donors (Lipinski definition) is 0. The first-order valence-corrected chi connectivity index (χ1v) is 7.41. The molecule has 0 N–H and O–H groups in total. The molecule has 1 unspecified atom stereocenters. The first-order chi connectivity index (χ1) is 11.1. The Hall–Kier alpha value is -2.59. The molecular weight excluding hydrogens is 290 g/mol. The Morgan fingerprint density at radius 3 is 2.35 bits per heavy atom. The fraction of sp³-hybridized carbons (Fsp3) is 0.211. The lowest BCUT2D eigenvalue weighted by molar-refractivity contribution is -0.162. The van der Waals surface area contributed by atoms with E-state index in [-0.39, 0.29) is 12.0 Å². The van der Waals surface area contributed by atoms with Gasteiger partial charge in [-0.3, -0.25) is 9.63 Å². The normalized spacial score (nSPS) is 12.1. The molecule has 23 heavy (non-hydrogen) atoms. The second-order valence-corrected chi connectivity index (χ2v) is 5.09. The summed E-state index contributed by atoms with van der Waals surface area (Å²) in [5.74, 6) is 0.573. The summed E-state index contributed by atoms with van der Waals surface area (Å²) < 4.78 is 5.92. The fourth-order valence-corrected chi connectivity index (χ4v) is 2.02. The van der Waals surface area contributed by atoms with Gasteiger partial charge >= 0.3 is 0 Å². The van der Waals surface area contributed by atoms with E-state index in [4.69, 9.17) is 9.57 Å². The largest absolute Gasteiger partial charge is 0.486 e. The van der Waals surface area contributed by atoms with Gasteiger partial charge in [-0.1, -0.05) is 42.5 Å². The van der Waals surface area contributed by atoms with Crippen molar-refractivity contribution >= 4 is 12.0 Å². The van der Waals surface area contributed by atoms with Gasteiger partial charge in [0.2, 0.25) is 0 Å². The highest BCUT2D eigenvalue weighted by Crippen LogP contribution is 2.22. The van der Waals surface area contributed by atoms with Gasteiger partial charge in [0.05, 0.1) is 7.11 Å². The highest BCUT2D eigenvalue weighted by atomic mass is 16.7. The van der Waals surface area contributed by atoms with Crippen molar-refractivity contribution < 1.29 is 14.4 Å². The topological polar surface area (TPSA) is 38.8 Å². The molecule has 4 nitrogen and oxygen atoms in total. The smallest absolute Gasteiger partial charge is 0.269 e. The molecule has 0 aromatic heterocycles. The fourth-order valence-electron chi connectivity index (χ4n) is 2.02. The molecule has 0 aliphatic heterocycles. The standard InChI is InChI=1S/C19H21NO3/c1-15(17-7-5-4-6-8-17)23-18-12-9-16(10-13-18)11-14-19(21)20(2)22-3/h4-15H,1-3H3/b14-11+. The van der Waals surface area contributed by atoms with Crippen LogP contribution in [-0.2, 0) is 9.63 Å². The molecule has 2 aromatic carbocycles. The van der Waals surface area contributed by atoms with Crippen LogP contribution in [0.15, 0.2) is 60.7 Å². The van der Waals surface area contributed by atoms with E-state index >= 15 is 0 Å². The minimum absolute atomic E-state index is 0.0190. The van der Waals surface area contributed by atoms with Crippen molar-refractivity contribution in [3.63, 3.8) is 0 Å². The lowest BCUT2D eigenvalue weighted by Gasteiger charge is -2.15. The molecule has 2 aromatic rings. The summed E-state index contributed by atoms with van der Waals surface area (Å²) in [5.41, 5.74) is 2.05. The van der Waals surface area contributed by atoms with Crippen LogP contribution in [0.5, 0.6) is 5.75 Å². The Bertz CT molecular complexity index is 650. The lowest BCUT2D eigenvalue weighted by Crippen LogP contribution is -2.22. The summed E-state index contributed by atoms with van der Waals surface area (Å²) in [7, 11) is 3.01. The average Bonchev–Trinajstić information content (AvgIpc) is 2.60. The second kappa shape index (κ2) is 8.15. The van der Waals surface area contributed by atoms with Crippen LogP contribution in [0.25, 0.3) is 6.08 Å².